The van der Waals surface area contributed by atoms with Crippen molar-refractivity contribution in [1.29, 1.82) is 15.8 Å². The van der Waals surface area contributed by atoms with E-state index < -0.39 is 23.0 Å². The Morgan fingerprint density at radius 3 is 2.42 bits per heavy atom. The number of nitrogens with zero attached hydrogens (tertiary/aromatic N) is 3. The van der Waals surface area contributed by atoms with Crippen LogP contribution in [0.15, 0.2) is 41.1 Å². The molecule has 0 aromatic heterocycles. The monoisotopic (exact) mass is 350 g/mol. The molecular formula is C20H16F2N4. The Kier molecular flexibility index (Phi) is 4.26. The van der Waals surface area contributed by atoms with Gasteiger partial charge in [-0.15, -0.1) is 0 Å². The third kappa shape index (κ3) is 2.37. The van der Waals surface area contributed by atoms with Crippen LogP contribution in [0.2, 0.25) is 0 Å². The van der Waals surface area contributed by atoms with Gasteiger partial charge >= 0.3 is 0 Å². The van der Waals surface area contributed by atoms with E-state index >= 15 is 0 Å². The molecular weight excluding hydrogens is 334 g/mol. The minimum Gasteiger partial charge on any atom is -0.399 e. The van der Waals surface area contributed by atoms with Crippen LogP contribution in [0.4, 0.5) is 8.78 Å². The summed E-state index contributed by atoms with van der Waals surface area (Å²) in [5.74, 6) is -2.90. The van der Waals surface area contributed by atoms with Gasteiger partial charge in [0.25, 0.3) is 0 Å². The van der Waals surface area contributed by atoms with Gasteiger partial charge in [0.15, 0.2) is 17.0 Å². The van der Waals surface area contributed by atoms with Gasteiger partial charge in [0.1, 0.15) is 6.07 Å². The molecule has 0 radical (unpaired) electrons. The maximum Gasteiger partial charge on any atom is 0.191 e. The molecule has 2 aliphatic rings. The quantitative estimate of drug-likeness (QED) is 0.833. The number of rotatable bonds is 1. The highest BCUT2D eigenvalue weighted by atomic mass is 19.2. The van der Waals surface area contributed by atoms with Crippen LogP contribution in [0.3, 0.4) is 0 Å². The maximum atomic E-state index is 13.9. The van der Waals surface area contributed by atoms with Crippen molar-refractivity contribution in [1.82, 2.24) is 0 Å². The van der Waals surface area contributed by atoms with Crippen molar-refractivity contribution < 1.29 is 8.78 Å². The average Bonchev–Trinajstić information content (AvgIpc) is 2.63. The van der Waals surface area contributed by atoms with Crippen molar-refractivity contribution >= 4 is 0 Å². The van der Waals surface area contributed by atoms with E-state index in [1.54, 1.807) is 0 Å². The Balaban J connectivity index is 2.34. The standard InChI is InChI=1S/C20H16F2N4/c1-11-2-4-13-14(6-11)18(12-3-5-16(21)17(22)7-12)20(9-24,10-25)19(26)15(13)8-23/h3-5,7,11,14,18H,2,6,26H2,1H3/t11?,14-,18+/m0/s1. The van der Waals surface area contributed by atoms with E-state index in [-0.39, 0.29) is 23.1 Å². The van der Waals surface area contributed by atoms with Gasteiger partial charge in [0.2, 0.25) is 0 Å². The summed E-state index contributed by atoms with van der Waals surface area (Å²) in [5, 5.41) is 29.3. The number of hydrogen-bond acceptors (Lipinski definition) is 4. The van der Waals surface area contributed by atoms with Crippen LogP contribution in [0, 0.1) is 62.9 Å². The normalized spacial score (nSPS) is 26.8. The van der Waals surface area contributed by atoms with Crippen LogP contribution in [0.25, 0.3) is 0 Å². The molecule has 0 aliphatic heterocycles. The van der Waals surface area contributed by atoms with E-state index in [9.17, 15) is 24.6 Å². The number of nitrogens with two attached hydrogens (primary N) is 1. The van der Waals surface area contributed by atoms with Gasteiger partial charge in [-0.2, -0.15) is 15.8 Å². The summed E-state index contributed by atoms with van der Waals surface area (Å²) < 4.78 is 27.3. The SMILES string of the molecule is CC1CC=C2C(C#N)=C(N)C(C#N)(C#N)[C@H](c3ccc(F)c(F)c3)[C@H]2C1. The molecule has 0 saturated carbocycles. The number of nitriles is 3. The van der Waals surface area contributed by atoms with Crippen LogP contribution in [0.5, 0.6) is 0 Å². The van der Waals surface area contributed by atoms with Gasteiger partial charge in [0.05, 0.1) is 23.4 Å². The molecule has 2 aliphatic carbocycles. The Hall–Kier alpha value is -3.17. The van der Waals surface area contributed by atoms with Gasteiger partial charge in [-0.1, -0.05) is 19.1 Å². The van der Waals surface area contributed by atoms with Crippen molar-refractivity contribution in [2.24, 2.45) is 23.0 Å². The van der Waals surface area contributed by atoms with E-state index in [2.05, 4.69) is 0 Å². The van der Waals surface area contributed by atoms with Gasteiger partial charge in [0, 0.05) is 5.92 Å². The lowest BCUT2D eigenvalue weighted by atomic mass is 9.56. The maximum absolute atomic E-state index is 13.9. The Bertz CT molecular complexity index is 941. The van der Waals surface area contributed by atoms with Crippen molar-refractivity contribution in [3.63, 3.8) is 0 Å². The molecule has 0 amide bonds. The zero-order chi connectivity index (χ0) is 19.1. The summed E-state index contributed by atoms with van der Waals surface area (Å²) in [6.45, 7) is 2.03. The minimum absolute atomic E-state index is 0.114. The van der Waals surface area contributed by atoms with Crippen molar-refractivity contribution in [3.05, 3.63) is 58.3 Å². The van der Waals surface area contributed by atoms with Crippen molar-refractivity contribution in [3.8, 4) is 18.2 Å². The second-order valence-corrected chi connectivity index (χ2v) is 6.93. The summed E-state index contributed by atoms with van der Waals surface area (Å²) in [6, 6.07) is 9.37. The molecule has 2 N–H and O–H groups in total. The summed E-state index contributed by atoms with van der Waals surface area (Å²) in [7, 11) is 0. The van der Waals surface area contributed by atoms with Crippen LogP contribution < -0.4 is 5.73 Å². The summed E-state index contributed by atoms with van der Waals surface area (Å²) in [6.07, 6.45) is 3.29. The molecule has 1 unspecified atom stereocenters. The zero-order valence-electron chi connectivity index (χ0n) is 14.1. The lowest BCUT2D eigenvalue weighted by molar-refractivity contribution is 0.283. The third-order valence-corrected chi connectivity index (χ3v) is 5.41. The molecule has 130 valence electrons. The molecule has 4 nitrogen and oxygen atoms in total. The van der Waals surface area contributed by atoms with Crippen LogP contribution >= 0.6 is 0 Å². The highest BCUT2D eigenvalue weighted by Gasteiger charge is 2.54. The zero-order valence-corrected chi connectivity index (χ0v) is 14.1. The van der Waals surface area contributed by atoms with Crippen LogP contribution in [0.1, 0.15) is 31.2 Å². The number of allylic oxidation sites excluding steroid dienone is 4. The molecule has 3 atom stereocenters. The minimum atomic E-state index is -1.81. The van der Waals surface area contributed by atoms with Gasteiger partial charge in [-0.3, -0.25) is 0 Å². The van der Waals surface area contributed by atoms with Crippen LogP contribution in [-0.4, -0.2) is 0 Å². The topological polar surface area (TPSA) is 97.4 Å². The van der Waals surface area contributed by atoms with E-state index in [4.69, 9.17) is 5.73 Å². The van der Waals surface area contributed by atoms with Gasteiger partial charge in [-0.25, -0.2) is 8.78 Å². The molecule has 6 heteroatoms. The lowest BCUT2D eigenvalue weighted by Crippen LogP contribution is -2.43. The first-order valence-electron chi connectivity index (χ1n) is 8.27. The van der Waals surface area contributed by atoms with Gasteiger partial charge < -0.3 is 5.73 Å². The van der Waals surface area contributed by atoms with E-state index in [1.807, 2.05) is 31.2 Å². The summed E-state index contributed by atoms with van der Waals surface area (Å²) in [5.41, 5.74) is 5.39. The molecule has 0 fully saturated rings. The molecule has 1 aromatic rings. The largest absolute Gasteiger partial charge is 0.399 e. The molecule has 26 heavy (non-hydrogen) atoms. The predicted octanol–water partition coefficient (Wildman–Crippen LogP) is 3.80. The smallest absolute Gasteiger partial charge is 0.191 e. The fraction of sp³-hybridized carbons (Fsp3) is 0.350. The highest BCUT2D eigenvalue weighted by Crippen LogP contribution is 2.56. The summed E-state index contributed by atoms with van der Waals surface area (Å²) >= 11 is 0. The number of benzene rings is 1. The fourth-order valence-electron chi connectivity index (χ4n) is 4.16. The number of hydrogen-bond donors (Lipinski definition) is 1. The second-order valence-electron chi connectivity index (χ2n) is 6.93. The first-order chi connectivity index (χ1) is 12.4. The molecule has 1 aromatic carbocycles. The van der Waals surface area contributed by atoms with Crippen LogP contribution in [-0.2, 0) is 0 Å². The van der Waals surface area contributed by atoms with E-state index in [1.165, 1.54) is 6.07 Å². The molecule has 0 spiro atoms. The average molecular weight is 350 g/mol. The Morgan fingerprint density at radius 2 is 1.85 bits per heavy atom. The predicted molar refractivity (Wildman–Crippen MR) is 89.6 cm³/mol. The highest BCUT2D eigenvalue weighted by molar-refractivity contribution is 5.59. The molecule has 0 bridgehead atoms. The Morgan fingerprint density at radius 1 is 1.15 bits per heavy atom. The first kappa shape index (κ1) is 17.6. The Labute approximate surface area is 150 Å². The summed E-state index contributed by atoms with van der Waals surface area (Å²) in [4.78, 5) is 0. The molecule has 0 saturated heterocycles. The van der Waals surface area contributed by atoms with Crippen molar-refractivity contribution in [2.75, 3.05) is 0 Å². The molecule has 0 heterocycles. The third-order valence-electron chi connectivity index (χ3n) is 5.41. The second kappa shape index (κ2) is 6.28. The lowest BCUT2D eigenvalue weighted by Gasteiger charge is -2.44. The van der Waals surface area contributed by atoms with E-state index in [0.717, 1.165) is 18.6 Å². The number of fused-ring (bicyclic) bond motifs is 1. The molecule has 3 rings (SSSR count). The fourth-order valence-corrected chi connectivity index (χ4v) is 4.16. The van der Waals surface area contributed by atoms with E-state index in [0.29, 0.717) is 17.6 Å². The van der Waals surface area contributed by atoms with Crippen molar-refractivity contribution in [2.45, 2.75) is 25.7 Å². The number of halogens is 2. The first-order valence-corrected chi connectivity index (χ1v) is 8.27. The van der Waals surface area contributed by atoms with Gasteiger partial charge in [-0.05, 0) is 47.9 Å².